The van der Waals surface area contributed by atoms with Gasteiger partial charge in [-0.25, -0.2) is 4.99 Å². The monoisotopic (exact) mass is 547 g/mol. The number of rotatable bonds is 9. The standard InChI is InChI=1S/C22H37N5O3.HI/c1-5-17(6-2)21(29)27-13-10-18(11-14-27)25-22(24-16-20(28)26(3)4)23-12-9-19-8-7-15-30-19;/h7-8,15,17-18H,5-6,9-14,16H2,1-4H3,(H2,23,24,25);1H. The van der Waals surface area contributed by atoms with Crippen LogP contribution in [0.15, 0.2) is 27.8 Å². The Balaban J connectivity index is 0.00000480. The molecule has 1 fully saturated rings. The van der Waals surface area contributed by atoms with Crippen LogP contribution in [-0.2, 0) is 16.0 Å². The Morgan fingerprint density at radius 1 is 1.26 bits per heavy atom. The van der Waals surface area contributed by atoms with E-state index in [9.17, 15) is 9.59 Å². The van der Waals surface area contributed by atoms with Crippen molar-refractivity contribution in [1.29, 1.82) is 0 Å². The second-order valence-electron chi connectivity index (χ2n) is 7.97. The average Bonchev–Trinajstić information content (AvgIpc) is 3.26. The number of amides is 2. The Morgan fingerprint density at radius 2 is 1.94 bits per heavy atom. The van der Waals surface area contributed by atoms with Crippen molar-refractivity contribution < 1.29 is 14.0 Å². The van der Waals surface area contributed by atoms with Crippen molar-refractivity contribution in [2.24, 2.45) is 10.9 Å². The van der Waals surface area contributed by atoms with Gasteiger partial charge in [0.2, 0.25) is 11.8 Å². The normalized spacial score (nSPS) is 14.9. The Kier molecular flexibility index (Phi) is 12.6. The van der Waals surface area contributed by atoms with Gasteiger partial charge in [0.05, 0.1) is 6.26 Å². The fourth-order valence-electron chi connectivity index (χ4n) is 3.53. The molecule has 0 spiro atoms. The Morgan fingerprint density at radius 3 is 2.48 bits per heavy atom. The Bertz CT molecular complexity index is 681. The molecule has 0 unspecified atom stereocenters. The summed E-state index contributed by atoms with van der Waals surface area (Å²) in [6.07, 6.45) is 5.92. The van der Waals surface area contributed by atoms with E-state index < -0.39 is 0 Å². The van der Waals surface area contributed by atoms with Crippen LogP contribution in [0.3, 0.4) is 0 Å². The minimum Gasteiger partial charge on any atom is -0.469 e. The number of piperidine rings is 1. The number of halogens is 1. The summed E-state index contributed by atoms with van der Waals surface area (Å²) in [6.45, 7) is 6.41. The fraction of sp³-hybridized carbons (Fsp3) is 0.682. The first kappa shape index (κ1) is 27.3. The summed E-state index contributed by atoms with van der Waals surface area (Å²) in [4.78, 5) is 32.5. The zero-order valence-electron chi connectivity index (χ0n) is 19.2. The van der Waals surface area contributed by atoms with Crippen molar-refractivity contribution in [3.05, 3.63) is 24.2 Å². The number of carbonyl (C=O) groups excluding carboxylic acids is 2. The fourth-order valence-corrected chi connectivity index (χ4v) is 3.53. The zero-order valence-corrected chi connectivity index (χ0v) is 21.6. The second-order valence-corrected chi connectivity index (χ2v) is 7.97. The van der Waals surface area contributed by atoms with Gasteiger partial charge >= 0.3 is 0 Å². The van der Waals surface area contributed by atoms with Crippen LogP contribution >= 0.6 is 24.0 Å². The molecule has 8 nitrogen and oxygen atoms in total. The molecular weight excluding hydrogens is 509 g/mol. The molecule has 2 rings (SSSR count). The maximum absolute atomic E-state index is 12.6. The van der Waals surface area contributed by atoms with Crippen molar-refractivity contribution in [1.82, 2.24) is 20.4 Å². The van der Waals surface area contributed by atoms with E-state index in [1.54, 1.807) is 20.4 Å². The number of guanidine groups is 1. The van der Waals surface area contributed by atoms with E-state index in [2.05, 4.69) is 29.5 Å². The lowest BCUT2D eigenvalue weighted by atomic mass is 9.98. The molecule has 0 aromatic carbocycles. The number of hydrogen-bond donors (Lipinski definition) is 2. The molecule has 31 heavy (non-hydrogen) atoms. The molecule has 0 saturated carbocycles. The van der Waals surface area contributed by atoms with Crippen LogP contribution in [0, 0.1) is 5.92 Å². The summed E-state index contributed by atoms with van der Waals surface area (Å²) in [5, 5.41) is 6.74. The van der Waals surface area contributed by atoms with Gasteiger partial charge in [-0.15, -0.1) is 24.0 Å². The molecule has 1 aromatic heterocycles. The Labute approximate surface area is 203 Å². The first-order chi connectivity index (χ1) is 14.4. The van der Waals surface area contributed by atoms with E-state index in [0.29, 0.717) is 12.5 Å². The highest BCUT2D eigenvalue weighted by molar-refractivity contribution is 14.0. The molecule has 1 aliphatic heterocycles. The smallest absolute Gasteiger partial charge is 0.243 e. The van der Waals surface area contributed by atoms with Gasteiger partial charge in [-0.3, -0.25) is 9.59 Å². The quantitative estimate of drug-likeness (QED) is 0.282. The highest BCUT2D eigenvalue weighted by Gasteiger charge is 2.26. The van der Waals surface area contributed by atoms with Gasteiger partial charge in [-0.2, -0.15) is 0 Å². The summed E-state index contributed by atoms with van der Waals surface area (Å²) in [5.74, 6) is 1.89. The molecule has 0 bridgehead atoms. The first-order valence-corrected chi connectivity index (χ1v) is 11.0. The zero-order chi connectivity index (χ0) is 21.9. The van der Waals surface area contributed by atoms with Crippen molar-refractivity contribution in [2.45, 2.75) is 52.0 Å². The summed E-state index contributed by atoms with van der Waals surface area (Å²) in [5.41, 5.74) is 0. The molecule has 176 valence electrons. The highest BCUT2D eigenvalue weighted by Crippen LogP contribution is 2.17. The van der Waals surface area contributed by atoms with E-state index in [4.69, 9.17) is 4.42 Å². The molecule has 2 heterocycles. The van der Waals surface area contributed by atoms with E-state index in [-0.39, 0.29) is 54.3 Å². The predicted octanol–water partition coefficient (Wildman–Crippen LogP) is 2.49. The second kappa shape index (κ2) is 14.3. The van der Waals surface area contributed by atoms with Crippen LogP contribution in [0.2, 0.25) is 0 Å². The third-order valence-electron chi connectivity index (χ3n) is 5.60. The maximum Gasteiger partial charge on any atom is 0.243 e. The van der Waals surface area contributed by atoms with E-state index >= 15 is 0 Å². The van der Waals surface area contributed by atoms with Gasteiger partial charge in [-0.1, -0.05) is 13.8 Å². The van der Waals surface area contributed by atoms with Crippen LogP contribution < -0.4 is 10.6 Å². The number of hydrogen-bond acceptors (Lipinski definition) is 4. The van der Waals surface area contributed by atoms with Gasteiger partial charge in [0, 0.05) is 52.1 Å². The first-order valence-electron chi connectivity index (χ1n) is 11.0. The largest absolute Gasteiger partial charge is 0.469 e. The molecular formula is C22H38IN5O3. The molecule has 1 saturated heterocycles. The van der Waals surface area contributed by atoms with Crippen LogP contribution in [-0.4, -0.2) is 73.9 Å². The summed E-state index contributed by atoms with van der Waals surface area (Å²) < 4.78 is 5.37. The van der Waals surface area contributed by atoms with Crippen LogP contribution in [0.25, 0.3) is 0 Å². The van der Waals surface area contributed by atoms with Gasteiger partial charge < -0.3 is 24.9 Å². The van der Waals surface area contributed by atoms with E-state index in [1.165, 1.54) is 4.90 Å². The van der Waals surface area contributed by atoms with Crippen LogP contribution in [0.4, 0.5) is 0 Å². The number of likely N-dealkylation sites (tertiary alicyclic amines) is 1. The third-order valence-corrected chi connectivity index (χ3v) is 5.60. The summed E-state index contributed by atoms with van der Waals surface area (Å²) in [7, 11) is 3.45. The summed E-state index contributed by atoms with van der Waals surface area (Å²) >= 11 is 0. The summed E-state index contributed by atoms with van der Waals surface area (Å²) in [6, 6.07) is 4.03. The molecule has 0 radical (unpaired) electrons. The third kappa shape index (κ3) is 9.08. The lowest BCUT2D eigenvalue weighted by molar-refractivity contribution is -0.136. The number of nitrogens with zero attached hydrogens (tertiary/aromatic N) is 3. The number of aliphatic imine (C=N–C) groups is 1. The lowest BCUT2D eigenvalue weighted by Crippen LogP contribution is -2.51. The molecule has 0 aliphatic carbocycles. The maximum atomic E-state index is 12.6. The number of furan rings is 1. The van der Waals surface area contributed by atoms with Crippen molar-refractivity contribution in [3.63, 3.8) is 0 Å². The van der Waals surface area contributed by atoms with Gasteiger partial charge in [0.25, 0.3) is 0 Å². The molecule has 0 atom stereocenters. The van der Waals surface area contributed by atoms with E-state index in [0.717, 1.165) is 51.0 Å². The van der Waals surface area contributed by atoms with Crippen molar-refractivity contribution in [3.8, 4) is 0 Å². The average molecular weight is 547 g/mol. The molecule has 9 heteroatoms. The highest BCUT2D eigenvalue weighted by atomic mass is 127. The lowest BCUT2D eigenvalue weighted by Gasteiger charge is -2.35. The topological polar surface area (TPSA) is 90.2 Å². The SMILES string of the molecule is CCC(CC)C(=O)N1CCC(NC(=NCC(=O)N(C)C)NCCc2ccco2)CC1.I. The number of nitrogens with one attached hydrogen (secondary N) is 2. The minimum atomic E-state index is -0.0484. The van der Waals surface area contributed by atoms with Crippen LogP contribution in [0.1, 0.15) is 45.3 Å². The Hall–Kier alpha value is -1.78. The van der Waals surface area contributed by atoms with E-state index in [1.807, 2.05) is 17.0 Å². The predicted molar refractivity (Wildman–Crippen MR) is 134 cm³/mol. The number of carbonyl (C=O) groups is 2. The molecule has 1 aromatic rings. The van der Waals surface area contributed by atoms with Crippen molar-refractivity contribution >= 4 is 41.8 Å². The molecule has 2 amide bonds. The number of likely N-dealkylation sites (N-methyl/N-ethyl adjacent to an activating group) is 1. The van der Waals surface area contributed by atoms with Gasteiger partial charge in [0.15, 0.2) is 5.96 Å². The van der Waals surface area contributed by atoms with Crippen LogP contribution in [0.5, 0.6) is 0 Å². The van der Waals surface area contributed by atoms with Gasteiger partial charge in [0.1, 0.15) is 12.3 Å². The minimum absolute atomic E-state index is 0. The van der Waals surface area contributed by atoms with Gasteiger partial charge in [-0.05, 0) is 37.8 Å². The molecule has 2 N–H and O–H groups in total. The van der Waals surface area contributed by atoms with Crippen molar-refractivity contribution in [2.75, 3.05) is 40.3 Å². The molecule has 1 aliphatic rings.